The van der Waals surface area contributed by atoms with Crippen LogP contribution in [-0.4, -0.2) is 5.78 Å². The van der Waals surface area contributed by atoms with E-state index in [0.29, 0.717) is 18.6 Å². The standard InChI is InChI=1S/C15H20O/c1-4-5-6-7-15(16)11-14-9-8-12(2)13(3)10-14/h4,8-10H,1,5-7,11H2,2-3H3. The molecule has 1 nitrogen and oxygen atoms in total. The van der Waals surface area contributed by atoms with Crippen LogP contribution in [0, 0.1) is 13.8 Å². The molecule has 0 aromatic heterocycles. The molecular formula is C15H20O. The number of aryl methyl sites for hydroxylation is 2. The van der Waals surface area contributed by atoms with Gasteiger partial charge < -0.3 is 0 Å². The van der Waals surface area contributed by atoms with Crippen LogP contribution < -0.4 is 0 Å². The normalized spacial score (nSPS) is 10.1. The summed E-state index contributed by atoms with van der Waals surface area (Å²) >= 11 is 0. The van der Waals surface area contributed by atoms with Crippen molar-refractivity contribution in [3.8, 4) is 0 Å². The molecule has 0 unspecified atom stereocenters. The fourth-order valence-electron chi connectivity index (χ4n) is 1.67. The third kappa shape index (κ3) is 4.01. The van der Waals surface area contributed by atoms with Crippen LogP contribution in [0.15, 0.2) is 30.9 Å². The van der Waals surface area contributed by atoms with Gasteiger partial charge in [-0.15, -0.1) is 6.58 Å². The van der Waals surface area contributed by atoms with Crippen LogP contribution in [0.4, 0.5) is 0 Å². The van der Waals surface area contributed by atoms with Crippen molar-refractivity contribution < 1.29 is 4.79 Å². The molecule has 0 N–H and O–H groups in total. The van der Waals surface area contributed by atoms with Gasteiger partial charge in [0.15, 0.2) is 0 Å². The zero-order chi connectivity index (χ0) is 12.0. The van der Waals surface area contributed by atoms with Crippen molar-refractivity contribution >= 4 is 5.78 Å². The molecule has 0 fully saturated rings. The number of carbonyl (C=O) groups excluding carboxylic acids is 1. The van der Waals surface area contributed by atoms with Gasteiger partial charge in [-0.1, -0.05) is 24.3 Å². The van der Waals surface area contributed by atoms with E-state index in [1.54, 1.807) is 0 Å². The van der Waals surface area contributed by atoms with E-state index in [1.165, 1.54) is 11.1 Å². The topological polar surface area (TPSA) is 17.1 Å². The third-order valence-corrected chi connectivity index (χ3v) is 2.84. The second-order valence-electron chi connectivity index (χ2n) is 4.31. The quantitative estimate of drug-likeness (QED) is 0.522. The van der Waals surface area contributed by atoms with E-state index in [4.69, 9.17) is 0 Å². The van der Waals surface area contributed by atoms with Gasteiger partial charge in [-0.2, -0.15) is 0 Å². The lowest BCUT2D eigenvalue weighted by Gasteiger charge is -2.04. The van der Waals surface area contributed by atoms with Crippen molar-refractivity contribution in [3.05, 3.63) is 47.5 Å². The molecule has 0 heterocycles. The highest BCUT2D eigenvalue weighted by atomic mass is 16.1. The Morgan fingerprint density at radius 2 is 2.06 bits per heavy atom. The molecule has 0 saturated heterocycles. The average Bonchev–Trinajstić information content (AvgIpc) is 2.24. The molecule has 0 bridgehead atoms. The lowest BCUT2D eigenvalue weighted by atomic mass is 10.0. The Bertz CT molecular complexity index is 377. The highest BCUT2D eigenvalue weighted by Gasteiger charge is 2.04. The van der Waals surface area contributed by atoms with E-state index in [9.17, 15) is 4.79 Å². The van der Waals surface area contributed by atoms with Gasteiger partial charge in [0.05, 0.1) is 0 Å². The van der Waals surface area contributed by atoms with Gasteiger partial charge in [-0.05, 0) is 43.4 Å². The zero-order valence-corrected chi connectivity index (χ0v) is 10.3. The summed E-state index contributed by atoms with van der Waals surface area (Å²) in [6, 6.07) is 6.25. The monoisotopic (exact) mass is 216 g/mol. The molecule has 0 amide bonds. The molecule has 0 spiro atoms. The number of carbonyl (C=O) groups is 1. The maximum absolute atomic E-state index is 11.6. The van der Waals surface area contributed by atoms with Gasteiger partial charge in [0.25, 0.3) is 0 Å². The van der Waals surface area contributed by atoms with E-state index in [-0.39, 0.29) is 0 Å². The summed E-state index contributed by atoms with van der Waals surface area (Å²) in [5.74, 6) is 0.324. The molecule has 1 heteroatoms. The number of ketones is 1. The van der Waals surface area contributed by atoms with E-state index in [0.717, 1.165) is 18.4 Å². The molecule has 1 rings (SSSR count). The van der Waals surface area contributed by atoms with Crippen molar-refractivity contribution in [1.29, 1.82) is 0 Å². The Morgan fingerprint density at radius 3 is 2.69 bits per heavy atom. The molecule has 1 aromatic rings. The Hall–Kier alpha value is -1.37. The minimum atomic E-state index is 0.324. The summed E-state index contributed by atoms with van der Waals surface area (Å²) < 4.78 is 0. The lowest BCUT2D eigenvalue weighted by molar-refractivity contribution is -0.118. The number of Topliss-reactive ketones (excluding diaryl/α,β-unsaturated/α-hetero) is 1. The van der Waals surface area contributed by atoms with E-state index in [2.05, 4.69) is 32.6 Å². The highest BCUT2D eigenvalue weighted by molar-refractivity contribution is 5.80. The van der Waals surface area contributed by atoms with Gasteiger partial charge in [0.1, 0.15) is 5.78 Å². The van der Waals surface area contributed by atoms with E-state index < -0.39 is 0 Å². The molecule has 0 saturated carbocycles. The van der Waals surface area contributed by atoms with Gasteiger partial charge in [-0.3, -0.25) is 4.79 Å². The maximum atomic E-state index is 11.6. The average molecular weight is 216 g/mol. The fourth-order valence-corrected chi connectivity index (χ4v) is 1.67. The number of rotatable bonds is 6. The summed E-state index contributed by atoms with van der Waals surface area (Å²) in [5.41, 5.74) is 3.67. The summed E-state index contributed by atoms with van der Waals surface area (Å²) in [5, 5.41) is 0. The molecule has 0 radical (unpaired) electrons. The number of unbranched alkanes of at least 4 members (excludes halogenated alkanes) is 1. The Balaban J connectivity index is 2.49. The van der Waals surface area contributed by atoms with Crippen molar-refractivity contribution in [2.24, 2.45) is 0 Å². The van der Waals surface area contributed by atoms with Crippen LogP contribution in [0.5, 0.6) is 0 Å². The van der Waals surface area contributed by atoms with Crippen molar-refractivity contribution in [2.75, 3.05) is 0 Å². The minimum Gasteiger partial charge on any atom is -0.299 e. The second kappa shape index (κ2) is 6.26. The number of allylic oxidation sites excluding steroid dienone is 1. The molecule has 0 aliphatic rings. The van der Waals surface area contributed by atoms with E-state index in [1.807, 2.05) is 12.1 Å². The first-order chi connectivity index (χ1) is 7.63. The highest BCUT2D eigenvalue weighted by Crippen LogP contribution is 2.11. The number of benzene rings is 1. The van der Waals surface area contributed by atoms with Crippen LogP contribution in [0.25, 0.3) is 0 Å². The maximum Gasteiger partial charge on any atom is 0.137 e. The Labute approximate surface area is 98.2 Å². The second-order valence-corrected chi connectivity index (χ2v) is 4.31. The molecule has 86 valence electrons. The third-order valence-electron chi connectivity index (χ3n) is 2.84. The number of hydrogen-bond acceptors (Lipinski definition) is 1. The summed E-state index contributed by atoms with van der Waals surface area (Å²) in [7, 11) is 0. The SMILES string of the molecule is C=CCCCC(=O)Cc1ccc(C)c(C)c1. The Kier molecular flexibility index (Phi) is 4.97. The predicted molar refractivity (Wildman–Crippen MR) is 68.7 cm³/mol. The first-order valence-corrected chi connectivity index (χ1v) is 5.82. The Morgan fingerprint density at radius 1 is 1.31 bits per heavy atom. The molecule has 0 atom stereocenters. The van der Waals surface area contributed by atoms with Gasteiger partial charge in [0.2, 0.25) is 0 Å². The summed E-state index contributed by atoms with van der Waals surface area (Å²) in [4.78, 5) is 11.6. The lowest BCUT2D eigenvalue weighted by Crippen LogP contribution is -2.02. The van der Waals surface area contributed by atoms with Crippen LogP contribution in [0.2, 0.25) is 0 Å². The summed E-state index contributed by atoms with van der Waals surface area (Å²) in [6.07, 6.45) is 4.95. The van der Waals surface area contributed by atoms with Crippen LogP contribution >= 0.6 is 0 Å². The van der Waals surface area contributed by atoms with Gasteiger partial charge in [-0.25, -0.2) is 0 Å². The first kappa shape index (κ1) is 12.7. The molecule has 1 aromatic carbocycles. The largest absolute Gasteiger partial charge is 0.299 e. The minimum absolute atomic E-state index is 0.324. The van der Waals surface area contributed by atoms with Gasteiger partial charge >= 0.3 is 0 Å². The molecule has 0 aliphatic heterocycles. The summed E-state index contributed by atoms with van der Waals surface area (Å²) in [6.45, 7) is 7.82. The molecule has 16 heavy (non-hydrogen) atoms. The molecule has 0 aliphatic carbocycles. The predicted octanol–water partition coefficient (Wildman–Crippen LogP) is 3.77. The van der Waals surface area contributed by atoms with Gasteiger partial charge in [0, 0.05) is 12.8 Å². The van der Waals surface area contributed by atoms with Crippen molar-refractivity contribution in [3.63, 3.8) is 0 Å². The van der Waals surface area contributed by atoms with Crippen LogP contribution in [0.1, 0.15) is 36.0 Å². The molecular weight excluding hydrogens is 196 g/mol. The zero-order valence-electron chi connectivity index (χ0n) is 10.3. The first-order valence-electron chi connectivity index (χ1n) is 5.82. The van der Waals surface area contributed by atoms with Crippen LogP contribution in [0.3, 0.4) is 0 Å². The van der Waals surface area contributed by atoms with E-state index >= 15 is 0 Å². The van der Waals surface area contributed by atoms with Crippen molar-refractivity contribution in [1.82, 2.24) is 0 Å². The smallest absolute Gasteiger partial charge is 0.137 e. The van der Waals surface area contributed by atoms with Crippen molar-refractivity contribution in [2.45, 2.75) is 39.5 Å². The fraction of sp³-hybridized carbons (Fsp3) is 0.400. The van der Waals surface area contributed by atoms with Crippen LogP contribution in [-0.2, 0) is 11.2 Å². The number of hydrogen-bond donors (Lipinski definition) is 0.